The van der Waals surface area contributed by atoms with Crippen molar-refractivity contribution in [3.05, 3.63) is 117 Å². The molecule has 1 heterocycles. The molecule has 1 aromatic heterocycles. The first-order chi connectivity index (χ1) is 17.9. The van der Waals surface area contributed by atoms with E-state index in [-0.39, 0.29) is 11.8 Å². The summed E-state index contributed by atoms with van der Waals surface area (Å²) in [4.78, 5) is 29.9. The van der Waals surface area contributed by atoms with E-state index >= 15 is 0 Å². The van der Waals surface area contributed by atoms with Crippen LogP contribution in [0.5, 0.6) is 0 Å². The van der Waals surface area contributed by atoms with Crippen molar-refractivity contribution in [1.29, 1.82) is 5.26 Å². The summed E-state index contributed by atoms with van der Waals surface area (Å²) in [6.45, 7) is 1.97. The number of hydrogen-bond acceptors (Lipinski definition) is 5. The Morgan fingerprint density at radius 3 is 2.27 bits per heavy atom. The van der Waals surface area contributed by atoms with E-state index in [0.717, 1.165) is 33.5 Å². The molecule has 7 heteroatoms. The number of aromatic nitrogens is 1. The van der Waals surface area contributed by atoms with Gasteiger partial charge in [0.05, 0.1) is 17.2 Å². The average molecular weight is 505 g/mol. The maximum absolute atomic E-state index is 13.9. The fourth-order valence-corrected chi connectivity index (χ4v) is 6.88. The number of carbonyl (C=O) groups excluding carboxylic acids is 2. The molecule has 7 rings (SSSR count). The van der Waals surface area contributed by atoms with E-state index in [2.05, 4.69) is 28.5 Å². The zero-order valence-electron chi connectivity index (χ0n) is 20.2. The van der Waals surface area contributed by atoms with Gasteiger partial charge in [0.1, 0.15) is 5.41 Å². The van der Waals surface area contributed by atoms with Crippen LogP contribution in [0.4, 0.5) is 5.13 Å². The third kappa shape index (κ3) is 3.48. The number of nitrogens with one attached hydrogen (secondary N) is 1. The molecule has 37 heavy (non-hydrogen) atoms. The van der Waals surface area contributed by atoms with Crippen LogP contribution in [0.3, 0.4) is 0 Å². The molecule has 0 saturated heterocycles. The highest BCUT2D eigenvalue weighted by Gasteiger charge is 2.61. The van der Waals surface area contributed by atoms with Gasteiger partial charge in [-0.25, -0.2) is 4.98 Å². The van der Waals surface area contributed by atoms with E-state index in [1.807, 2.05) is 60.8 Å². The molecule has 2 amide bonds. The van der Waals surface area contributed by atoms with E-state index in [1.165, 1.54) is 11.3 Å². The number of anilines is 1. The standard InChI is InChI=1S/C30H24N4O2S/c1-29(27(36)34-28-33-20(15-37-28)14-18-10-12-19(13-11-18)26(32)35)16-30(17-31)23-8-4-2-6-21(23)25(29)22-7-3-5-9-24(22)30/h2-13,15,25H,14,16H2,1H3,(H2,32,35)(H,33,34,36). The average Bonchev–Trinajstić information content (AvgIpc) is 3.35. The van der Waals surface area contributed by atoms with Crippen LogP contribution in [-0.4, -0.2) is 16.8 Å². The molecule has 3 aliphatic rings. The number of carbonyl (C=O) groups is 2. The Hall–Kier alpha value is -4.28. The van der Waals surface area contributed by atoms with Crippen LogP contribution in [0.1, 0.15) is 63.1 Å². The quantitative estimate of drug-likeness (QED) is 0.392. The van der Waals surface area contributed by atoms with Crippen LogP contribution in [-0.2, 0) is 16.6 Å². The Morgan fingerprint density at radius 2 is 1.68 bits per heavy atom. The van der Waals surface area contributed by atoms with Crippen LogP contribution in [0.15, 0.2) is 78.2 Å². The summed E-state index contributed by atoms with van der Waals surface area (Å²) in [5, 5.41) is 16.1. The molecular weight excluding hydrogens is 480 g/mol. The number of nitriles is 1. The van der Waals surface area contributed by atoms with Gasteiger partial charge in [0, 0.05) is 23.3 Å². The van der Waals surface area contributed by atoms with Gasteiger partial charge in [-0.3, -0.25) is 9.59 Å². The summed E-state index contributed by atoms with van der Waals surface area (Å²) < 4.78 is 0. The fourth-order valence-electron chi connectivity index (χ4n) is 6.17. The van der Waals surface area contributed by atoms with Gasteiger partial charge < -0.3 is 11.1 Å². The van der Waals surface area contributed by atoms with Crippen molar-refractivity contribution >= 4 is 28.3 Å². The van der Waals surface area contributed by atoms with Gasteiger partial charge in [-0.2, -0.15) is 5.26 Å². The minimum atomic E-state index is -0.876. The second-order valence-corrected chi connectivity index (χ2v) is 10.9. The Labute approximate surface area is 218 Å². The van der Waals surface area contributed by atoms with Crippen molar-refractivity contribution in [2.24, 2.45) is 11.1 Å². The van der Waals surface area contributed by atoms with Gasteiger partial charge in [-0.1, -0.05) is 60.7 Å². The van der Waals surface area contributed by atoms with Crippen molar-refractivity contribution in [3.63, 3.8) is 0 Å². The number of primary amides is 1. The number of fused-ring (bicyclic) bond motifs is 1. The van der Waals surface area contributed by atoms with Crippen molar-refractivity contribution in [3.8, 4) is 6.07 Å². The second kappa shape index (κ2) is 8.39. The van der Waals surface area contributed by atoms with E-state index < -0.39 is 16.7 Å². The van der Waals surface area contributed by atoms with E-state index in [1.54, 1.807) is 12.1 Å². The molecule has 1 unspecified atom stereocenters. The van der Waals surface area contributed by atoms with E-state index in [4.69, 9.17) is 5.73 Å². The van der Waals surface area contributed by atoms with Gasteiger partial charge in [0.15, 0.2) is 5.13 Å². The summed E-state index contributed by atoms with van der Waals surface area (Å²) in [6.07, 6.45) is 0.981. The Balaban J connectivity index is 1.30. The zero-order chi connectivity index (χ0) is 25.8. The smallest absolute Gasteiger partial charge is 0.248 e. The third-order valence-electron chi connectivity index (χ3n) is 7.84. The highest BCUT2D eigenvalue weighted by Crippen LogP contribution is 2.63. The molecule has 2 bridgehead atoms. The van der Waals surface area contributed by atoms with Crippen LogP contribution in [0.2, 0.25) is 0 Å². The number of thiazole rings is 1. The molecule has 0 aliphatic heterocycles. The third-order valence-corrected chi connectivity index (χ3v) is 8.64. The number of amides is 2. The molecule has 1 atom stereocenters. The first-order valence-corrected chi connectivity index (χ1v) is 13.0. The zero-order valence-corrected chi connectivity index (χ0v) is 21.0. The van der Waals surface area contributed by atoms with Crippen LogP contribution >= 0.6 is 11.3 Å². The van der Waals surface area contributed by atoms with E-state index in [0.29, 0.717) is 23.5 Å². The number of rotatable bonds is 5. The molecule has 3 aliphatic carbocycles. The minimum absolute atomic E-state index is 0.132. The Kier molecular flexibility index (Phi) is 5.25. The lowest BCUT2D eigenvalue weighted by Crippen LogP contribution is -2.53. The molecule has 4 aromatic rings. The first-order valence-electron chi connectivity index (χ1n) is 12.1. The fraction of sp³-hybridized carbons (Fsp3) is 0.200. The lowest BCUT2D eigenvalue weighted by Gasteiger charge is -2.54. The molecule has 0 fully saturated rings. The molecule has 6 nitrogen and oxygen atoms in total. The summed E-state index contributed by atoms with van der Waals surface area (Å²) in [6, 6.07) is 25.8. The van der Waals surface area contributed by atoms with Crippen LogP contribution < -0.4 is 11.1 Å². The van der Waals surface area contributed by atoms with Gasteiger partial charge in [-0.05, 0) is 53.3 Å². The van der Waals surface area contributed by atoms with Crippen molar-refractivity contribution < 1.29 is 9.59 Å². The van der Waals surface area contributed by atoms with E-state index in [9.17, 15) is 14.9 Å². The predicted octanol–water partition coefficient (Wildman–Crippen LogP) is 5.14. The SMILES string of the molecule is CC1(C(=O)Nc2nc(Cc3ccc(C(N)=O)cc3)cs2)CC2(C#N)c3ccccc3C1c1ccccc12. The molecule has 182 valence electrons. The first kappa shape index (κ1) is 23.1. The van der Waals surface area contributed by atoms with Gasteiger partial charge in [0.25, 0.3) is 0 Å². The minimum Gasteiger partial charge on any atom is -0.366 e. The van der Waals surface area contributed by atoms with Gasteiger partial charge >= 0.3 is 0 Å². The lowest BCUT2D eigenvalue weighted by molar-refractivity contribution is -0.127. The van der Waals surface area contributed by atoms with Crippen molar-refractivity contribution in [1.82, 2.24) is 4.98 Å². The molecule has 0 saturated carbocycles. The van der Waals surface area contributed by atoms with Crippen molar-refractivity contribution in [2.75, 3.05) is 5.32 Å². The van der Waals surface area contributed by atoms with Gasteiger partial charge in [0.2, 0.25) is 11.8 Å². The second-order valence-electron chi connectivity index (χ2n) is 10.1. The predicted molar refractivity (Wildman–Crippen MR) is 142 cm³/mol. The molecular formula is C30H24N4O2S. The molecule has 3 aromatic carbocycles. The van der Waals surface area contributed by atoms with Crippen molar-refractivity contribution in [2.45, 2.75) is 31.1 Å². The summed E-state index contributed by atoms with van der Waals surface area (Å²) in [7, 11) is 0. The maximum atomic E-state index is 13.9. The Morgan fingerprint density at radius 1 is 1.05 bits per heavy atom. The number of nitrogens with zero attached hydrogens (tertiary/aromatic N) is 2. The topological polar surface area (TPSA) is 109 Å². The summed E-state index contributed by atoms with van der Waals surface area (Å²) in [5.41, 5.74) is 10.0. The summed E-state index contributed by atoms with van der Waals surface area (Å²) in [5.74, 6) is -0.746. The number of benzene rings is 3. The normalized spacial score (nSPS) is 23.0. The maximum Gasteiger partial charge on any atom is 0.248 e. The van der Waals surface area contributed by atoms with Crippen LogP contribution in [0, 0.1) is 16.7 Å². The highest BCUT2D eigenvalue weighted by molar-refractivity contribution is 7.13. The highest BCUT2D eigenvalue weighted by atomic mass is 32.1. The monoisotopic (exact) mass is 504 g/mol. The summed E-state index contributed by atoms with van der Waals surface area (Å²) >= 11 is 1.38. The molecule has 0 radical (unpaired) electrons. The largest absolute Gasteiger partial charge is 0.366 e. The van der Waals surface area contributed by atoms with Crippen LogP contribution in [0.25, 0.3) is 0 Å². The molecule has 0 spiro atoms. The molecule has 3 N–H and O–H groups in total. The number of nitrogens with two attached hydrogens (primary N) is 1. The number of hydrogen-bond donors (Lipinski definition) is 2. The lowest BCUT2D eigenvalue weighted by atomic mass is 9.47. The van der Waals surface area contributed by atoms with Gasteiger partial charge in [-0.15, -0.1) is 11.3 Å². The Bertz CT molecular complexity index is 1550.